The lowest BCUT2D eigenvalue weighted by atomic mass is 10.1. The fraction of sp³-hybridized carbons (Fsp3) is 0.316. The summed E-state index contributed by atoms with van der Waals surface area (Å²) in [6.45, 7) is 5.87. The van der Waals surface area contributed by atoms with Crippen molar-refractivity contribution < 1.29 is 14.3 Å². The van der Waals surface area contributed by atoms with Crippen LogP contribution in [0.4, 0.5) is 16.2 Å². The molecule has 1 aromatic heterocycles. The first-order chi connectivity index (χ1) is 12.4. The minimum absolute atomic E-state index is 0.0733. The molecule has 0 saturated carbocycles. The Kier molecular flexibility index (Phi) is 6.54. The Labute approximate surface area is 153 Å². The first-order valence-corrected chi connectivity index (χ1v) is 8.34. The number of pyridine rings is 1. The van der Waals surface area contributed by atoms with Crippen molar-refractivity contribution in [2.75, 3.05) is 17.7 Å². The predicted octanol–water partition coefficient (Wildman–Crippen LogP) is 3.31. The normalized spacial score (nSPS) is 10.3. The van der Waals surface area contributed by atoms with Crippen molar-refractivity contribution in [2.45, 2.75) is 27.3 Å². The number of carbonyl (C=O) groups is 2. The number of hydrogen-bond donors (Lipinski definition) is 3. The molecule has 2 rings (SSSR count). The lowest BCUT2D eigenvalue weighted by Crippen LogP contribution is -2.28. The van der Waals surface area contributed by atoms with E-state index in [-0.39, 0.29) is 17.9 Å². The van der Waals surface area contributed by atoms with Crippen LogP contribution in [0.3, 0.4) is 0 Å². The van der Waals surface area contributed by atoms with E-state index in [1.54, 1.807) is 31.5 Å². The maximum absolute atomic E-state index is 12.2. The molecule has 0 saturated heterocycles. The molecule has 3 amide bonds. The van der Waals surface area contributed by atoms with Crippen LogP contribution in [0, 0.1) is 12.8 Å². The Morgan fingerprint density at radius 2 is 1.92 bits per heavy atom. The van der Waals surface area contributed by atoms with Gasteiger partial charge in [-0.2, -0.15) is 0 Å². The van der Waals surface area contributed by atoms with Gasteiger partial charge in [-0.25, -0.2) is 9.78 Å². The van der Waals surface area contributed by atoms with Crippen LogP contribution in [-0.2, 0) is 11.3 Å². The lowest BCUT2D eigenvalue weighted by molar-refractivity contribution is -0.118. The fourth-order valence-corrected chi connectivity index (χ4v) is 2.14. The van der Waals surface area contributed by atoms with Crippen LogP contribution in [0.25, 0.3) is 0 Å². The number of urea groups is 1. The molecule has 1 heterocycles. The maximum atomic E-state index is 12.2. The predicted molar refractivity (Wildman–Crippen MR) is 101 cm³/mol. The highest BCUT2D eigenvalue weighted by Gasteiger charge is 2.10. The summed E-state index contributed by atoms with van der Waals surface area (Å²) in [5.41, 5.74) is 3.05. The molecule has 0 aliphatic heterocycles. The van der Waals surface area contributed by atoms with Crippen LogP contribution in [0.1, 0.15) is 25.0 Å². The minimum Gasteiger partial charge on any atom is -0.481 e. The molecule has 0 unspecified atom stereocenters. The van der Waals surface area contributed by atoms with E-state index in [0.29, 0.717) is 23.8 Å². The van der Waals surface area contributed by atoms with Gasteiger partial charge in [0.2, 0.25) is 11.8 Å². The first kappa shape index (κ1) is 19.2. The van der Waals surface area contributed by atoms with E-state index >= 15 is 0 Å². The molecule has 0 atom stereocenters. The molecule has 7 heteroatoms. The lowest BCUT2D eigenvalue weighted by Gasteiger charge is -2.13. The molecule has 0 radical (unpaired) electrons. The number of rotatable bonds is 6. The summed E-state index contributed by atoms with van der Waals surface area (Å²) in [6.07, 6.45) is 1.62. The molecule has 3 N–H and O–H groups in total. The second kappa shape index (κ2) is 8.84. The van der Waals surface area contributed by atoms with Gasteiger partial charge in [-0.1, -0.05) is 19.9 Å². The monoisotopic (exact) mass is 356 g/mol. The third-order valence-corrected chi connectivity index (χ3v) is 3.74. The van der Waals surface area contributed by atoms with E-state index in [2.05, 4.69) is 20.9 Å². The number of amides is 3. The molecule has 7 nitrogen and oxygen atoms in total. The van der Waals surface area contributed by atoms with Crippen LogP contribution in [0.5, 0.6) is 5.88 Å². The van der Waals surface area contributed by atoms with Crippen molar-refractivity contribution in [3.05, 3.63) is 47.7 Å². The van der Waals surface area contributed by atoms with Crippen LogP contribution in [0.15, 0.2) is 36.5 Å². The standard InChI is InChI=1S/C19H24N4O3/c1-12(2)18(24)22-15-6-5-13(3)16(10-15)23-19(25)21-11-14-7-8-20-17(9-14)26-4/h5-10,12H,11H2,1-4H3,(H,22,24)(H2,21,23,25). The highest BCUT2D eigenvalue weighted by atomic mass is 16.5. The molecule has 0 spiro atoms. The van der Waals surface area contributed by atoms with Gasteiger partial charge >= 0.3 is 6.03 Å². The smallest absolute Gasteiger partial charge is 0.319 e. The summed E-state index contributed by atoms with van der Waals surface area (Å²) in [5.74, 6) is 0.304. The molecule has 138 valence electrons. The number of nitrogens with one attached hydrogen (secondary N) is 3. The van der Waals surface area contributed by atoms with Gasteiger partial charge in [-0.05, 0) is 36.2 Å². The van der Waals surface area contributed by atoms with Crippen LogP contribution in [0.2, 0.25) is 0 Å². The van der Waals surface area contributed by atoms with E-state index in [1.165, 1.54) is 0 Å². The summed E-state index contributed by atoms with van der Waals surface area (Å²) in [4.78, 5) is 28.0. The maximum Gasteiger partial charge on any atom is 0.319 e. The quantitative estimate of drug-likeness (QED) is 0.740. The Balaban J connectivity index is 1.98. The molecular formula is C19H24N4O3. The zero-order chi connectivity index (χ0) is 19.1. The summed E-state index contributed by atoms with van der Waals surface area (Å²) in [5, 5.41) is 8.41. The number of methoxy groups -OCH3 is 1. The number of aryl methyl sites for hydroxylation is 1. The van der Waals surface area contributed by atoms with Crippen molar-refractivity contribution >= 4 is 23.3 Å². The number of aromatic nitrogens is 1. The van der Waals surface area contributed by atoms with E-state index in [1.807, 2.05) is 32.9 Å². The van der Waals surface area contributed by atoms with Gasteiger partial charge in [-0.3, -0.25) is 4.79 Å². The number of nitrogens with zero attached hydrogens (tertiary/aromatic N) is 1. The largest absolute Gasteiger partial charge is 0.481 e. The Hall–Kier alpha value is -3.09. The Morgan fingerprint density at radius 1 is 1.15 bits per heavy atom. The van der Waals surface area contributed by atoms with Gasteiger partial charge in [0.05, 0.1) is 7.11 Å². The van der Waals surface area contributed by atoms with E-state index in [9.17, 15) is 9.59 Å². The van der Waals surface area contributed by atoms with Crippen LogP contribution >= 0.6 is 0 Å². The van der Waals surface area contributed by atoms with Gasteiger partial charge in [0.25, 0.3) is 0 Å². The van der Waals surface area contributed by atoms with Crippen molar-refractivity contribution in [2.24, 2.45) is 5.92 Å². The van der Waals surface area contributed by atoms with Crippen molar-refractivity contribution in [1.29, 1.82) is 0 Å². The van der Waals surface area contributed by atoms with Crippen molar-refractivity contribution in [3.63, 3.8) is 0 Å². The average Bonchev–Trinajstić information content (AvgIpc) is 2.62. The van der Waals surface area contributed by atoms with Crippen LogP contribution < -0.4 is 20.7 Å². The number of anilines is 2. The molecular weight excluding hydrogens is 332 g/mol. The summed E-state index contributed by atoms with van der Waals surface area (Å²) >= 11 is 0. The first-order valence-electron chi connectivity index (χ1n) is 8.34. The molecule has 0 aliphatic rings. The molecule has 26 heavy (non-hydrogen) atoms. The zero-order valence-corrected chi connectivity index (χ0v) is 15.4. The van der Waals surface area contributed by atoms with E-state index in [4.69, 9.17) is 4.74 Å². The van der Waals surface area contributed by atoms with Gasteiger partial charge in [0, 0.05) is 36.1 Å². The van der Waals surface area contributed by atoms with Gasteiger partial charge in [0.15, 0.2) is 0 Å². The summed E-state index contributed by atoms with van der Waals surface area (Å²) in [6, 6.07) is 8.62. The van der Waals surface area contributed by atoms with Crippen LogP contribution in [-0.4, -0.2) is 24.0 Å². The van der Waals surface area contributed by atoms with Crippen molar-refractivity contribution in [1.82, 2.24) is 10.3 Å². The molecule has 1 aromatic carbocycles. The Morgan fingerprint density at radius 3 is 2.62 bits per heavy atom. The zero-order valence-electron chi connectivity index (χ0n) is 15.4. The molecule has 0 bridgehead atoms. The second-order valence-electron chi connectivity index (χ2n) is 6.19. The SMILES string of the molecule is COc1cc(CNC(=O)Nc2cc(NC(=O)C(C)C)ccc2C)ccn1. The van der Waals surface area contributed by atoms with Gasteiger partial charge < -0.3 is 20.7 Å². The fourth-order valence-electron chi connectivity index (χ4n) is 2.14. The van der Waals surface area contributed by atoms with Crippen molar-refractivity contribution in [3.8, 4) is 5.88 Å². The number of carbonyl (C=O) groups excluding carboxylic acids is 2. The third kappa shape index (κ3) is 5.47. The topological polar surface area (TPSA) is 92.4 Å². The Bertz CT molecular complexity index is 790. The third-order valence-electron chi connectivity index (χ3n) is 3.74. The molecule has 0 fully saturated rings. The minimum atomic E-state index is -0.337. The van der Waals surface area contributed by atoms with Gasteiger partial charge in [-0.15, -0.1) is 0 Å². The van der Waals surface area contributed by atoms with E-state index < -0.39 is 0 Å². The molecule has 2 aromatic rings. The highest BCUT2D eigenvalue weighted by molar-refractivity contribution is 5.94. The average molecular weight is 356 g/mol. The summed E-state index contributed by atoms with van der Waals surface area (Å²) < 4.78 is 5.06. The number of benzene rings is 1. The number of hydrogen-bond acceptors (Lipinski definition) is 4. The second-order valence-corrected chi connectivity index (χ2v) is 6.19. The van der Waals surface area contributed by atoms with E-state index in [0.717, 1.165) is 11.1 Å². The molecule has 0 aliphatic carbocycles. The summed E-state index contributed by atoms with van der Waals surface area (Å²) in [7, 11) is 1.54. The van der Waals surface area contributed by atoms with Gasteiger partial charge in [0.1, 0.15) is 0 Å². The highest BCUT2D eigenvalue weighted by Crippen LogP contribution is 2.21. The number of ether oxygens (including phenoxy) is 1.